The summed E-state index contributed by atoms with van der Waals surface area (Å²) in [6, 6.07) is 10.4. The predicted molar refractivity (Wildman–Crippen MR) is 104 cm³/mol. The number of rotatable bonds is 5. The first-order valence-electron chi connectivity index (χ1n) is 8.01. The van der Waals surface area contributed by atoms with Gasteiger partial charge in [0.25, 0.3) is 11.6 Å². The van der Waals surface area contributed by atoms with Gasteiger partial charge in [0, 0.05) is 17.7 Å². The molecule has 0 heterocycles. The third-order valence-corrected chi connectivity index (χ3v) is 4.22. The van der Waals surface area contributed by atoms with Gasteiger partial charge in [-0.15, -0.1) is 0 Å². The standard InChI is InChI=1S/C18H19N3O4S/c1-3-11(2)13-6-9-16(22)15(10-13)19-18(26)20-17(23)12-4-7-14(8-5-12)21(24)25/h4-11,22H,3H2,1-2H3,(H2,19,20,23,26)/t11-/m0/s1. The number of anilines is 1. The molecule has 1 atom stereocenters. The molecule has 136 valence electrons. The highest BCUT2D eigenvalue weighted by molar-refractivity contribution is 7.80. The minimum atomic E-state index is -0.541. The number of nitro benzene ring substituents is 1. The van der Waals surface area contributed by atoms with Gasteiger partial charge in [0.2, 0.25) is 0 Å². The van der Waals surface area contributed by atoms with Gasteiger partial charge < -0.3 is 10.4 Å². The summed E-state index contributed by atoms with van der Waals surface area (Å²) in [4.78, 5) is 22.3. The van der Waals surface area contributed by atoms with Crippen LogP contribution in [0, 0.1) is 10.1 Å². The zero-order valence-electron chi connectivity index (χ0n) is 14.4. The van der Waals surface area contributed by atoms with Gasteiger partial charge in [-0.2, -0.15) is 0 Å². The van der Waals surface area contributed by atoms with Crippen molar-refractivity contribution in [1.29, 1.82) is 0 Å². The topological polar surface area (TPSA) is 104 Å². The molecule has 0 saturated heterocycles. The maximum Gasteiger partial charge on any atom is 0.269 e. The molecule has 7 nitrogen and oxygen atoms in total. The van der Waals surface area contributed by atoms with E-state index >= 15 is 0 Å². The second-order valence-corrected chi connectivity index (χ2v) is 6.21. The molecule has 26 heavy (non-hydrogen) atoms. The summed E-state index contributed by atoms with van der Waals surface area (Å²) in [5.74, 6) is -0.168. The smallest absolute Gasteiger partial charge is 0.269 e. The third kappa shape index (κ3) is 4.76. The molecule has 8 heteroatoms. The highest BCUT2D eigenvalue weighted by Gasteiger charge is 2.13. The number of phenols is 1. The van der Waals surface area contributed by atoms with E-state index < -0.39 is 10.8 Å². The van der Waals surface area contributed by atoms with Crippen LogP contribution in [-0.2, 0) is 0 Å². The summed E-state index contributed by atoms with van der Waals surface area (Å²) in [6.45, 7) is 4.14. The van der Waals surface area contributed by atoms with Crippen LogP contribution in [-0.4, -0.2) is 21.0 Å². The molecule has 0 bridgehead atoms. The zero-order valence-corrected chi connectivity index (χ0v) is 15.2. The van der Waals surface area contributed by atoms with Crippen molar-refractivity contribution >= 4 is 34.6 Å². The number of hydrogen-bond donors (Lipinski definition) is 3. The van der Waals surface area contributed by atoms with E-state index in [-0.39, 0.29) is 22.1 Å². The van der Waals surface area contributed by atoms with Crippen molar-refractivity contribution in [3.05, 3.63) is 63.7 Å². The molecule has 0 aliphatic rings. The largest absolute Gasteiger partial charge is 0.506 e. The Labute approximate surface area is 156 Å². The molecule has 2 aromatic carbocycles. The van der Waals surface area contributed by atoms with Crippen molar-refractivity contribution < 1.29 is 14.8 Å². The van der Waals surface area contributed by atoms with E-state index in [1.54, 1.807) is 12.1 Å². The van der Waals surface area contributed by atoms with Crippen LogP contribution >= 0.6 is 12.2 Å². The molecule has 3 N–H and O–H groups in total. The lowest BCUT2D eigenvalue weighted by atomic mass is 9.98. The van der Waals surface area contributed by atoms with Crippen molar-refractivity contribution in [3.8, 4) is 5.75 Å². The summed E-state index contributed by atoms with van der Waals surface area (Å²) in [5.41, 5.74) is 1.57. The molecule has 0 saturated carbocycles. The van der Waals surface area contributed by atoms with Gasteiger partial charge in [-0.1, -0.05) is 19.9 Å². The van der Waals surface area contributed by atoms with Crippen LogP contribution in [0.2, 0.25) is 0 Å². The van der Waals surface area contributed by atoms with E-state index in [0.29, 0.717) is 11.6 Å². The Hall–Kier alpha value is -3.00. The summed E-state index contributed by atoms with van der Waals surface area (Å²) in [5, 5.41) is 25.9. The monoisotopic (exact) mass is 373 g/mol. The number of nitro groups is 1. The van der Waals surface area contributed by atoms with Crippen LogP contribution in [0.1, 0.15) is 42.1 Å². The summed E-state index contributed by atoms with van der Waals surface area (Å²) in [6.07, 6.45) is 0.950. The highest BCUT2D eigenvalue weighted by atomic mass is 32.1. The summed E-state index contributed by atoms with van der Waals surface area (Å²) < 4.78 is 0. The summed E-state index contributed by atoms with van der Waals surface area (Å²) in [7, 11) is 0. The molecular formula is C18H19N3O4S. The van der Waals surface area contributed by atoms with Crippen LogP contribution in [0.4, 0.5) is 11.4 Å². The fourth-order valence-electron chi connectivity index (χ4n) is 2.26. The molecule has 0 unspecified atom stereocenters. The van der Waals surface area contributed by atoms with Gasteiger partial charge in [0.15, 0.2) is 5.11 Å². The van der Waals surface area contributed by atoms with Gasteiger partial charge in [-0.25, -0.2) is 0 Å². The minimum Gasteiger partial charge on any atom is -0.506 e. The second kappa shape index (κ2) is 8.39. The van der Waals surface area contributed by atoms with Crippen molar-refractivity contribution in [2.75, 3.05) is 5.32 Å². The molecule has 0 aliphatic carbocycles. The van der Waals surface area contributed by atoms with E-state index in [0.717, 1.165) is 12.0 Å². The Morgan fingerprint density at radius 3 is 2.50 bits per heavy atom. The Balaban J connectivity index is 2.06. The molecule has 2 aromatic rings. The number of phenolic OH excluding ortho intramolecular Hbond substituents is 1. The maximum atomic E-state index is 12.2. The van der Waals surface area contributed by atoms with Crippen molar-refractivity contribution in [1.82, 2.24) is 5.32 Å². The normalized spacial score (nSPS) is 11.5. The Bertz CT molecular complexity index is 837. The van der Waals surface area contributed by atoms with Crippen LogP contribution in [0.25, 0.3) is 0 Å². The maximum absolute atomic E-state index is 12.2. The lowest BCUT2D eigenvalue weighted by Crippen LogP contribution is -2.34. The quantitative estimate of drug-likeness (QED) is 0.317. The van der Waals surface area contributed by atoms with Crippen molar-refractivity contribution in [3.63, 3.8) is 0 Å². The zero-order chi connectivity index (χ0) is 19.3. The number of hydrogen-bond acceptors (Lipinski definition) is 5. The van der Waals surface area contributed by atoms with Crippen LogP contribution in [0.3, 0.4) is 0 Å². The van der Waals surface area contributed by atoms with Gasteiger partial charge >= 0.3 is 0 Å². The van der Waals surface area contributed by atoms with E-state index in [1.807, 2.05) is 6.07 Å². The lowest BCUT2D eigenvalue weighted by Gasteiger charge is -2.14. The number of amides is 1. The number of nitrogens with zero attached hydrogens (tertiary/aromatic N) is 1. The third-order valence-electron chi connectivity index (χ3n) is 4.02. The Morgan fingerprint density at radius 1 is 1.27 bits per heavy atom. The number of thiocarbonyl (C=S) groups is 1. The van der Waals surface area contributed by atoms with E-state index in [2.05, 4.69) is 24.5 Å². The van der Waals surface area contributed by atoms with E-state index in [4.69, 9.17) is 12.2 Å². The molecule has 0 aromatic heterocycles. The first kappa shape index (κ1) is 19.3. The second-order valence-electron chi connectivity index (χ2n) is 5.80. The number of carbonyl (C=O) groups excluding carboxylic acids is 1. The molecule has 0 radical (unpaired) electrons. The first-order valence-corrected chi connectivity index (χ1v) is 8.42. The van der Waals surface area contributed by atoms with Gasteiger partial charge in [-0.3, -0.25) is 20.2 Å². The lowest BCUT2D eigenvalue weighted by molar-refractivity contribution is -0.384. The van der Waals surface area contributed by atoms with Crippen LogP contribution < -0.4 is 10.6 Å². The molecule has 2 rings (SSSR count). The van der Waals surface area contributed by atoms with E-state index in [1.165, 1.54) is 24.3 Å². The number of aromatic hydroxyl groups is 1. The first-order chi connectivity index (χ1) is 12.3. The number of benzene rings is 2. The SMILES string of the molecule is CC[C@H](C)c1ccc(O)c(NC(=S)NC(=O)c2ccc([N+](=O)[O-])cc2)c1. The molecule has 0 aliphatic heterocycles. The van der Waals surface area contributed by atoms with Gasteiger partial charge in [0.05, 0.1) is 10.6 Å². The van der Waals surface area contributed by atoms with Gasteiger partial charge in [0.1, 0.15) is 5.75 Å². The summed E-state index contributed by atoms with van der Waals surface area (Å²) >= 11 is 5.11. The average Bonchev–Trinajstić information content (AvgIpc) is 2.62. The highest BCUT2D eigenvalue weighted by Crippen LogP contribution is 2.29. The number of non-ortho nitro benzene ring substituents is 1. The predicted octanol–water partition coefficient (Wildman–Crippen LogP) is 3.94. The van der Waals surface area contributed by atoms with Crippen LogP contribution in [0.15, 0.2) is 42.5 Å². The fraction of sp³-hybridized carbons (Fsp3) is 0.222. The molecular weight excluding hydrogens is 354 g/mol. The Morgan fingerprint density at radius 2 is 1.92 bits per heavy atom. The van der Waals surface area contributed by atoms with Gasteiger partial charge in [-0.05, 0) is 54.4 Å². The Kier molecular flexibility index (Phi) is 6.24. The van der Waals surface area contributed by atoms with E-state index in [9.17, 15) is 20.0 Å². The number of nitrogens with one attached hydrogen (secondary N) is 2. The van der Waals surface area contributed by atoms with Crippen LogP contribution in [0.5, 0.6) is 5.75 Å². The van der Waals surface area contributed by atoms with Crippen molar-refractivity contribution in [2.24, 2.45) is 0 Å². The minimum absolute atomic E-state index is 0.0176. The van der Waals surface area contributed by atoms with Crippen molar-refractivity contribution in [2.45, 2.75) is 26.2 Å². The average molecular weight is 373 g/mol. The molecule has 1 amide bonds. The fourth-order valence-corrected chi connectivity index (χ4v) is 2.46. The molecule has 0 fully saturated rings. The molecule has 0 spiro atoms. The number of carbonyl (C=O) groups is 1.